The molecule has 4 rings (SSSR count). The largest absolute Gasteiger partial charge is 0.355 e. The molecule has 0 aliphatic carbocycles. The van der Waals surface area contributed by atoms with Crippen LogP contribution in [0.2, 0.25) is 0 Å². The molecule has 3 aromatic rings. The third-order valence-electron chi connectivity index (χ3n) is 5.69. The molecule has 1 N–H and O–H groups in total. The molecule has 0 saturated carbocycles. The number of nitrogens with zero attached hydrogens (tertiary/aromatic N) is 2. The summed E-state index contributed by atoms with van der Waals surface area (Å²) in [6, 6.07) is 14.5. The average Bonchev–Trinajstić information content (AvgIpc) is 2.99. The number of amides is 1. The summed E-state index contributed by atoms with van der Waals surface area (Å²) in [5.74, 6) is -0.0573. The van der Waals surface area contributed by atoms with Gasteiger partial charge in [-0.15, -0.1) is 0 Å². The SMILES string of the molecule is CNC(=O)c1ccc(/C(C)=C\n2c3c(c4cc(C)ccc42)CN(C)CC3)cc1. The molecular formula is C24H27N3O. The Bertz CT molecular complexity index is 1070. The Morgan fingerprint density at radius 3 is 2.54 bits per heavy atom. The van der Waals surface area contributed by atoms with Gasteiger partial charge < -0.3 is 14.8 Å². The smallest absolute Gasteiger partial charge is 0.251 e. The molecule has 144 valence electrons. The third-order valence-corrected chi connectivity index (χ3v) is 5.69. The second kappa shape index (κ2) is 7.28. The summed E-state index contributed by atoms with van der Waals surface area (Å²) in [6.07, 6.45) is 3.30. The highest BCUT2D eigenvalue weighted by Crippen LogP contribution is 2.32. The number of nitrogens with one attached hydrogen (secondary N) is 1. The van der Waals surface area contributed by atoms with Crippen molar-refractivity contribution in [3.63, 3.8) is 0 Å². The Hall–Kier alpha value is -2.85. The van der Waals surface area contributed by atoms with Gasteiger partial charge in [0.1, 0.15) is 0 Å². The second-order valence-electron chi connectivity index (χ2n) is 7.77. The first-order chi connectivity index (χ1) is 13.5. The number of aromatic nitrogens is 1. The molecule has 2 heterocycles. The van der Waals surface area contributed by atoms with E-state index in [-0.39, 0.29) is 5.91 Å². The zero-order valence-corrected chi connectivity index (χ0v) is 17.0. The molecule has 1 amide bonds. The van der Waals surface area contributed by atoms with E-state index in [1.165, 1.54) is 33.3 Å². The summed E-state index contributed by atoms with van der Waals surface area (Å²) in [7, 11) is 3.85. The molecule has 28 heavy (non-hydrogen) atoms. The van der Waals surface area contributed by atoms with E-state index < -0.39 is 0 Å². The summed E-state index contributed by atoms with van der Waals surface area (Å²) in [4.78, 5) is 14.2. The minimum atomic E-state index is -0.0573. The van der Waals surface area contributed by atoms with Crippen LogP contribution in [0.25, 0.3) is 22.7 Å². The highest BCUT2D eigenvalue weighted by molar-refractivity contribution is 5.94. The maximum atomic E-state index is 11.8. The number of hydrogen-bond acceptors (Lipinski definition) is 2. The highest BCUT2D eigenvalue weighted by atomic mass is 16.1. The first kappa shape index (κ1) is 18.5. The van der Waals surface area contributed by atoms with Crippen LogP contribution in [-0.4, -0.2) is 36.0 Å². The van der Waals surface area contributed by atoms with Crippen LogP contribution in [0, 0.1) is 6.92 Å². The fourth-order valence-electron chi connectivity index (χ4n) is 4.09. The second-order valence-corrected chi connectivity index (χ2v) is 7.77. The van der Waals surface area contributed by atoms with Crippen LogP contribution in [0.5, 0.6) is 0 Å². The quantitative estimate of drug-likeness (QED) is 0.743. The van der Waals surface area contributed by atoms with Gasteiger partial charge in [-0.25, -0.2) is 0 Å². The number of allylic oxidation sites excluding steroid dienone is 1. The van der Waals surface area contributed by atoms with Crippen LogP contribution in [-0.2, 0) is 13.0 Å². The van der Waals surface area contributed by atoms with Gasteiger partial charge in [-0.05, 0) is 61.9 Å². The zero-order chi connectivity index (χ0) is 19.8. The monoisotopic (exact) mass is 373 g/mol. The number of benzene rings is 2. The van der Waals surface area contributed by atoms with Gasteiger partial charge in [0.2, 0.25) is 0 Å². The normalized spacial score (nSPS) is 14.9. The van der Waals surface area contributed by atoms with Crippen LogP contribution in [0.4, 0.5) is 0 Å². The molecule has 1 aliphatic rings. The molecule has 0 spiro atoms. The molecule has 2 aromatic carbocycles. The van der Waals surface area contributed by atoms with Crippen molar-refractivity contribution < 1.29 is 4.79 Å². The molecule has 1 aliphatic heterocycles. The van der Waals surface area contributed by atoms with Crippen LogP contribution in [0.15, 0.2) is 42.5 Å². The summed E-state index contributed by atoms with van der Waals surface area (Å²) in [5.41, 5.74) is 8.43. The predicted octanol–water partition coefficient (Wildman–Crippen LogP) is 4.32. The van der Waals surface area contributed by atoms with Crippen LogP contribution < -0.4 is 5.32 Å². The van der Waals surface area contributed by atoms with Gasteiger partial charge in [-0.3, -0.25) is 4.79 Å². The van der Waals surface area contributed by atoms with Crippen molar-refractivity contribution in [2.24, 2.45) is 0 Å². The first-order valence-corrected chi connectivity index (χ1v) is 9.79. The fourth-order valence-corrected chi connectivity index (χ4v) is 4.09. The Labute approximate surface area is 166 Å². The molecular weight excluding hydrogens is 346 g/mol. The lowest BCUT2D eigenvalue weighted by Crippen LogP contribution is -2.26. The Balaban J connectivity index is 1.79. The Morgan fingerprint density at radius 1 is 1.11 bits per heavy atom. The number of carbonyl (C=O) groups excluding carboxylic acids is 1. The summed E-state index contributed by atoms with van der Waals surface area (Å²) in [6.45, 7) is 6.37. The topological polar surface area (TPSA) is 37.3 Å². The zero-order valence-electron chi connectivity index (χ0n) is 17.0. The van der Waals surface area contributed by atoms with Crippen molar-refractivity contribution in [1.29, 1.82) is 0 Å². The molecule has 0 saturated heterocycles. The molecule has 0 bridgehead atoms. The molecule has 4 heteroatoms. The van der Waals surface area contributed by atoms with Gasteiger partial charge in [0.15, 0.2) is 0 Å². The Morgan fingerprint density at radius 2 is 1.82 bits per heavy atom. The van der Waals surface area contributed by atoms with E-state index in [0.717, 1.165) is 25.1 Å². The van der Waals surface area contributed by atoms with Crippen LogP contribution >= 0.6 is 0 Å². The van der Waals surface area contributed by atoms with Crippen molar-refractivity contribution in [2.75, 3.05) is 20.6 Å². The Kier molecular flexibility index (Phi) is 4.82. The van der Waals surface area contributed by atoms with E-state index in [4.69, 9.17) is 0 Å². The van der Waals surface area contributed by atoms with E-state index in [2.05, 4.69) is 60.1 Å². The van der Waals surface area contributed by atoms with E-state index in [1.807, 2.05) is 24.3 Å². The number of likely N-dealkylation sites (N-methyl/N-ethyl adjacent to an activating group) is 1. The van der Waals surface area contributed by atoms with Crippen LogP contribution in [0.3, 0.4) is 0 Å². The van der Waals surface area contributed by atoms with Gasteiger partial charge in [0.25, 0.3) is 5.91 Å². The van der Waals surface area contributed by atoms with Crippen LogP contribution in [0.1, 0.15) is 39.7 Å². The molecule has 0 radical (unpaired) electrons. The number of carbonyl (C=O) groups is 1. The van der Waals surface area contributed by atoms with Gasteiger partial charge in [-0.2, -0.15) is 0 Å². The predicted molar refractivity (Wildman–Crippen MR) is 116 cm³/mol. The minimum absolute atomic E-state index is 0.0573. The first-order valence-electron chi connectivity index (χ1n) is 9.79. The van der Waals surface area contributed by atoms with Gasteiger partial charge in [-0.1, -0.05) is 23.8 Å². The third kappa shape index (κ3) is 3.25. The molecule has 0 atom stereocenters. The van der Waals surface area contributed by atoms with Crippen molar-refractivity contribution >= 4 is 28.6 Å². The lowest BCUT2D eigenvalue weighted by molar-refractivity contribution is 0.0963. The van der Waals surface area contributed by atoms with Gasteiger partial charge in [0.05, 0.1) is 5.52 Å². The maximum absolute atomic E-state index is 11.8. The lowest BCUT2D eigenvalue weighted by atomic mass is 10.0. The highest BCUT2D eigenvalue weighted by Gasteiger charge is 2.21. The molecule has 4 nitrogen and oxygen atoms in total. The summed E-state index contributed by atoms with van der Waals surface area (Å²) >= 11 is 0. The van der Waals surface area contributed by atoms with Gasteiger partial charge >= 0.3 is 0 Å². The average molecular weight is 374 g/mol. The number of hydrogen-bond donors (Lipinski definition) is 1. The van der Waals surface area contributed by atoms with E-state index in [1.54, 1.807) is 7.05 Å². The van der Waals surface area contributed by atoms with Crippen molar-refractivity contribution in [1.82, 2.24) is 14.8 Å². The standard InChI is InChI=1S/C24H27N3O/c1-16-5-10-22-20(13-16)21-15-26(4)12-11-23(21)27(22)14-17(2)18-6-8-19(9-7-18)24(28)25-3/h5-10,13-14H,11-12,15H2,1-4H3,(H,25,28)/b17-14-. The number of fused-ring (bicyclic) bond motifs is 3. The van der Waals surface area contributed by atoms with Crippen molar-refractivity contribution in [3.8, 4) is 0 Å². The fraction of sp³-hybridized carbons (Fsp3) is 0.292. The lowest BCUT2D eigenvalue weighted by Gasteiger charge is -2.23. The summed E-state index contributed by atoms with van der Waals surface area (Å²) < 4.78 is 2.37. The number of rotatable bonds is 3. The summed E-state index contributed by atoms with van der Waals surface area (Å²) in [5, 5.41) is 4.03. The maximum Gasteiger partial charge on any atom is 0.251 e. The van der Waals surface area contributed by atoms with E-state index in [0.29, 0.717) is 5.56 Å². The minimum Gasteiger partial charge on any atom is -0.355 e. The molecule has 1 aromatic heterocycles. The van der Waals surface area contributed by atoms with E-state index >= 15 is 0 Å². The molecule has 0 fully saturated rings. The van der Waals surface area contributed by atoms with Gasteiger partial charge in [0, 0.05) is 49.4 Å². The van der Waals surface area contributed by atoms with Crippen molar-refractivity contribution in [3.05, 3.63) is 70.4 Å². The number of aryl methyl sites for hydroxylation is 1. The molecule has 0 unspecified atom stereocenters. The van der Waals surface area contributed by atoms with E-state index in [9.17, 15) is 4.79 Å². The van der Waals surface area contributed by atoms with Crippen molar-refractivity contribution in [2.45, 2.75) is 26.8 Å².